The molecule has 2 heterocycles. The third kappa shape index (κ3) is 4.91. The van der Waals surface area contributed by atoms with E-state index in [1.807, 2.05) is 31.2 Å². The molecule has 3 rings (SSSR count). The largest absolute Gasteiger partial charge is 0.363 e. The van der Waals surface area contributed by atoms with E-state index in [2.05, 4.69) is 25.5 Å². The molecule has 1 saturated heterocycles. The Bertz CT molecular complexity index is 777. The Morgan fingerprint density at radius 2 is 1.89 bits per heavy atom. The summed E-state index contributed by atoms with van der Waals surface area (Å²) in [7, 11) is 0. The molecule has 0 atom stereocenters. The number of piperidine rings is 1. The molecular formula is C19H26N6O2. The highest BCUT2D eigenvalue weighted by atomic mass is 16.6. The van der Waals surface area contributed by atoms with E-state index in [4.69, 9.17) is 0 Å². The van der Waals surface area contributed by atoms with Crippen LogP contribution in [0, 0.1) is 10.1 Å². The Hall–Kier alpha value is -2.74. The van der Waals surface area contributed by atoms with Crippen molar-refractivity contribution in [3.05, 3.63) is 46.3 Å². The van der Waals surface area contributed by atoms with Gasteiger partial charge >= 0.3 is 5.69 Å². The van der Waals surface area contributed by atoms with Crippen molar-refractivity contribution in [3.8, 4) is 0 Å². The number of nitrogens with one attached hydrogen (secondary N) is 2. The van der Waals surface area contributed by atoms with Gasteiger partial charge in [-0.2, -0.15) is 0 Å². The highest BCUT2D eigenvalue weighted by Gasteiger charge is 2.23. The van der Waals surface area contributed by atoms with Crippen LogP contribution in [0.4, 0.5) is 23.0 Å². The highest BCUT2D eigenvalue weighted by molar-refractivity contribution is 5.74. The SMILES string of the molecule is CCc1ccccc1Nc1ncnc(NCCN2CCCCC2)c1[N+](=O)[O-]. The minimum absolute atomic E-state index is 0.123. The van der Waals surface area contributed by atoms with Gasteiger partial charge in [-0.3, -0.25) is 10.1 Å². The molecule has 1 aliphatic heterocycles. The molecule has 1 aromatic heterocycles. The standard InChI is InChI=1S/C19H26N6O2/c1-2-15-8-4-5-9-16(15)23-19-17(25(26)27)18(21-14-22-19)20-10-13-24-11-6-3-7-12-24/h4-5,8-9,14H,2-3,6-7,10-13H2,1H3,(H2,20,21,22,23). The van der Waals surface area contributed by atoms with E-state index < -0.39 is 4.92 Å². The Labute approximate surface area is 159 Å². The van der Waals surface area contributed by atoms with Crippen LogP contribution in [0.25, 0.3) is 0 Å². The van der Waals surface area contributed by atoms with Crippen molar-refractivity contribution >= 4 is 23.0 Å². The molecule has 8 nitrogen and oxygen atoms in total. The minimum atomic E-state index is -0.430. The molecule has 144 valence electrons. The third-order valence-corrected chi connectivity index (χ3v) is 4.83. The average Bonchev–Trinajstić information content (AvgIpc) is 2.69. The van der Waals surface area contributed by atoms with Gasteiger partial charge in [-0.15, -0.1) is 0 Å². The first-order valence-electron chi connectivity index (χ1n) is 9.49. The Balaban J connectivity index is 1.75. The third-order valence-electron chi connectivity index (χ3n) is 4.83. The van der Waals surface area contributed by atoms with E-state index in [0.29, 0.717) is 6.54 Å². The number of nitro groups is 1. The van der Waals surface area contributed by atoms with Crippen LogP contribution in [0.15, 0.2) is 30.6 Å². The van der Waals surface area contributed by atoms with Crippen LogP contribution in [-0.2, 0) is 6.42 Å². The molecule has 1 aromatic carbocycles. The van der Waals surface area contributed by atoms with Gasteiger partial charge in [-0.25, -0.2) is 9.97 Å². The predicted molar refractivity (Wildman–Crippen MR) is 107 cm³/mol. The van der Waals surface area contributed by atoms with Gasteiger partial charge in [0.2, 0.25) is 11.6 Å². The normalized spacial score (nSPS) is 14.7. The summed E-state index contributed by atoms with van der Waals surface area (Å²) in [5.74, 6) is 0.458. The van der Waals surface area contributed by atoms with Crippen LogP contribution in [0.1, 0.15) is 31.7 Å². The quantitative estimate of drug-likeness (QED) is 0.541. The molecule has 0 aliphatic carbocycles. The van der Waals surface area contributed by atoms with Crippen LogP contribution in [0.5, 0.6) is 0 Å². The van der Waals surface area contributed by atoms with Gasteiger partial charge in [0, 0.05) is 18.8 Å². The number of nitrogens with zero attached hydrogens (tertiary/aromatic N) is 4. The van der Waals surface area contributed by atoms with Crippen molar-refractivity contribution in [2.75, 3.05) is 36.8 Å². The van der Waals surface area contributed by atoms with E-state index >= 15 is 0 Å². The second-order valence-electron chi connectivity index (χ2n) is 6.64. The lowest BCUT2D eigenvalue weighted by Gasteiger charge is -2.26. The van der Waals surface area contributed by atoms with Crippen LogP contribution < -0.4 is 10.6 Å². The lowest BCUT2D eigenvalue weighted by Crippen LogP contribution is -2.33. The Morgan fingerprint density at radius 1 is 1.15 bits per heavy atom. The fraction of sp³-hybridized carbons (Fsp3) is 0.474. The van der Waals surface area contributed by atoms with Crippen molar-refractivity contribution in [1.82, 2.24) is 14.9 Å². The van der Waals surface area contributed by atoms with E-state index in [1.165, 1.54) is 25.6 Å². The number of rotatable bonds is 8. The van der Waals surface area contributed by atoms with Gasteiger partial charge in [0.1, 0.15) is 6.33 Å². The zero-order chi connectivity index (χ0) is 19.1. The predicted octanol–water partition coefficient (Wildman–Crippen LogP) is 3.59. The monoisotopic (exact) mass is 370 g/mol. The average molecular weight is 370 g/mol. The summed E-state index contributed by atoms with van der Waals surface area (Å²) < 4.78 is 0. The first kappa shape index (κ1) is 19.0. The number of likely N-dealkylation sites (tertiary alicyclic amines) is 1. The summed E-state index contributed by atoms with van der Waals surface area (Å²) in [5.41, 5.74) is 1.77. The maximum absolute atomic E-state index is 11.7. The Kier molecular flexibility index (Phi) is 6.54. The molecule has 0 spiro atoms. The van der Waals surface area contributed by atoms with Gasteiger partial charge in [-0.05, 0) is 44.0 Å². The van der Waals surface area contributed by atoms with Crippen molar-refractivity contribution in [2.45, 2.75) is 32.6 Å². The van der Waals surface area contributed by atoms with Crippen molar-refractivity contribution < 1.29 is 4.92 Å². The fourth-order valence-electron chi connectivity index (χ4n) is 3.37. The molecule has 0 radical (unpaired) electrons. The smallest absolute Gasteiger partial charge is 0.353 e. The summed E-state index contributed by atoms with van der Waals surface area (Å²) in [4.78, 5) is 21.9. The van der Waals surface area contributed by atoms with Crippen LogP contribution in [-0.4, -0.2) is 46.0 Å². The van der Waals surface area contributed by atoms with Gasteiger partial charge in [0.25, 0.3) is 0 Å². The molecule has 27 heavy (non-hydrogen) atoms. The first-order valence-corrected chi connectivity index (χ1v) is 9.49. The summed E-state index contributed by atoms with van der Waals surface area (Å²) in [6.07, 6.45) is 5.91. The minimum Gasteiger partial charge on any atom is -0.363 e. The molecule has 0 saturated carbocycles. The van der Waals surface area contributed by atoms with E-state index in [9.17, 15) is 10.1 Å². The molecule has 1 fully saturated rings. The number of hydrogen-bond acceptors (Lipinski definition) is 7. The maximum Gasteiger partial charge on any atom is 0.353 e. The molecule has 1 aliphatic rings. The van der Waals surface area contributed by atoms with E-state index in [0.717, 1.165) is 37.3 Å². The number of para-hydroxylation sites is 1. The van der Waals surface area contributed by atoms with Crippen molar-refractivity contribution in [3.63, 3.8) is 0 Å². The number of aryl methyl sites for hydroxylation is 1. The number of benzene rings is 1. The number of hydrogen-bond donors (Lipinski definition) is 2. The summed E-state index contributed by atoms with van der Waals surface area (Å²) >= 11 is 0. The van der Waals surface area contributed by atoms with Gasteiger partial charge in [0.05, 0.1) is 4.92 Å². The molecule has 0 amide bonds. The van der Waals surface area contributed by atoms with Gasteiger partial charge in [-0.1, -0.05) is 31.5 Å². The summed E-state index contributed by atoms with van der Waals surface area (Å²) in [6, 6.07) is 7.74. The summed E-state index contributed by atoms with van der Waals surface area (Å²) in [5, 5.41) is 17.9. The van der Waals surface area contributed by atoms with Crippen molar-refractivity contribution in [2.24, 2.45) is 0 Å². The number of aromatic nitrogens is 2. The second-order valence-corrected chi connectivity index (χ2v) is 6.64. The van der Waals surface area contributed by atoms with E-state index in [-0.39, 0.29) is 17.3 Å². The zero-order valence-corrected chi connectivity index (χ0v) is 15.6. The molecule has 0 unspecified atom stereocenters. The zero-order valence-electron chi connectivity index (χ0n) is 15.6. The lowest BCUT2D eigenvalue weighted by atomic mass is 10.1. The second kappa shape index (κ2) is 9.27. The maximum atomic E-state index is 11.7. The molecule has 8 heteroatoms. The topological polar surface area (TPSA) is 96.2 Å². The Morgan fingerprint density at radius 3 is 2.63 bits per heavy atom. The van der Waals surface area contributed by atoms with Crippen LogP contribution in [0.2, 0.25) is 0 Å². The van der Waals surface area contributed by atoms with Crippen LogP contribution >= 0.6 is 0 Å². The number of anilines is 3. The molecule has 2 aromatic rings. The van der Waals surface area contributed by atoms with Gasteiger partial charge in [0.15, 0.2) is 0 Å². The van der Waals surface area contributed by atoms with Crippen LogP contribution in [0.3, 0.4) is 0 Å². The van der Waals surface area contributed by atoms with Gasteiger partial charge < -0.3 is 15.5 Å². The fourth-order valence-corrected chi connectivity index (χ4v) is 3.37. The summed E-state index contributed by atoms with van der Waals surface area (Å²) in [6.45, 7) is 5.69. The van der Waals surface area contributed by atoms with Crippen molar-refractivity contribution in [1.29, 1.82) is 0 Å². The van der Waals surface area contributed by atoms with E-state index in [1.54, 1.807) is 0 Å². The molecule has 2 N–H and O–H groups in total. The molecule has 0 bridgehead atoms. The lowest BCUT2D eigenvalue weighted by molar-refractivity contribution is -0.383. The molecular weight excluding hydrogens is 344 g/mol. The highest BCUT2D eigenvalue weighted by Crippen LogP contribution is 2.32. The first-order chi connectivity index (χ1) is 13.2.